The molecule has 0 saturated heterocycles. The first-order chi connectivity index (χ1) is 10.2. The van der Waals surface area contributed by atoms with E-state index in [0.717, 1.165) is 17.9 Å². The summed E-state index contributed by atoms with van der Waals surface area (Å²) in [4.78, 5) is 12.1. The first-order valence-corrected chi connectivity index (χ1v) is 7.52. The first kappa shape index (κ1) is 13.9. The lowest BCUT2D eigenvalue weighted by atomic mass is 9.95. The minimum Gasteiger partial charge on any atom is -0.409 e. The Morgan fingerprint density at radius 1 is 1.29 bits per heavy atom. The van der Waals surface area contributed by atoms with Gasteiger partial charge >= 0.3 is 0 Å². The van der Waals surface area contributed by atoms with E-state index in [9.17, 15) is 4.79 Å². The predicted molar refractivity (Wildman–Crippen MR) is 80.0 cm³/mol. The van der Waals surface area contributed by atoms with E-state index in [0.29, 0.717) is 23.9 Å². The third kappa shape index (κ3) is 3.01. The maximum absolute atomic E-state index is 12.1. The molecule has 1 aromatic rings. The summed E-state index contributed by atoms with van der Waals surface area (Å²) >= 11 is 0. The van der Waals surface area contributed by atoms with Crippen LogP contribution < -0.4 is 11.1 Å². The monoisotopic (exact) mass is 287 g/mol. The molecule has 2 aliphatic rings. The topological polar surface area (TPSA) is 87.7 Å². The molecule has 5 heteroatoms. The lowest BCUT2D eigenvalue weighted by Crippen LogP contribution is -2.39. The molecule has 0 spiro atoms. The molecule has 2 bridgehead atoms. The van der Waals surface area contributed by atoms with Gasteiger partial charge < -0.3 is 16.3 Å². The summed E-state index contributed by atoms with van der Waals surface area (Å²) in [5, 5.41) is 14.7. The number of nitrogens with zero attached hydrogens (tertiary/aromatic N) is 1. The van der Waals surface area contributed by atoms with Gasteiger partial charge in [-0.2, -0.15) is 0 Å². The molecule has 21 heavy (non-hydrogen) atoms. The van der Waals surface area contributed by atoms with Crippen molar-refractivity contribution in [3.8, 4) is 0 Å². The second kappa shape index (κ2) is 5.76. The van der Waals surface area contributed by atoms with Crippen LogP contribution in [0.15, 0.2) is 29.4 Å². The van der Waals surface area contributed by atoms with Crippen molar-refractivity contribution in [1.82, 2.24) is 5.32 Å². The molecule has 4 N–H and O–H groups in total. The molecule has 3 rings (SSSR count). The van der Waals surface area contributed by atoms with Crippen LogP contribution in [-0.4, -0.2) is 23.0 Å². The zero-order valence-electron chi connectivity index (χ0n) is 12.0. The average Bonchev–Trinajstić information content (AvgIpc) is 3.09. The molecular formula is C16H21N3O2. The van der Waals surface area contributed by atoms with Gasteiger partial charge in [0.25, 0.3) is 0 Å². The van der Waals surface area contributed by atoms with Crippen LogP contribution in [0.25, 0.3) is 0 Å². The summed E-state index contributed by atoms with van der Waals surface area (Å²) in [6, 6.07) is 7.58. The number of rotatable bonds is 4. The molecule has 3 unspecified atom stereocenters. The number of amides is 1. The number of nitrogens with two attached hydrogens (primary N) is 1. The fourth-order valence-electron chi connectivity index (χ4n) is 3.72. The van der Waals surface area contributed by atoms with E-state index < -0.39 is 0 Å². The maximum atomic E-state index is 12.1. The van der Waals surface area contributed by atoms with Crippen molar-refractivity contribution in [3.05, 3.63) is 35.4 Å². The fourth-order valence-corrected chi connectivity index (χ4v) is 3.72. The van der Waals surface area contributed by atoms with Gasteiger partial charge in [0.2, 0.25) is 5.91 Å². The van der Waals surface area contributed by atoms with Gasteiger partial charge in [-0.05, 0) is 36.7 Å². The number of hydrogen-bond donors (Lipinski definition) is 3. The number of oxime groups is 1. The molecular weight excluding hydrogens is 266 g/mol. The number of benzene rings is 1. The van der Waals surface area contributed by atoms with E-state index in [4.69, 9.17) is 10.9 Å². The highest BCUT2D eigenvalue weighted by Crippen LogP contribution is 2.44. The van der Waals surface area contributed by atoms with Crippen LogP contribution in [0.1, 0.15) is 36.8 Å². The highest BCUT2D eigenvalue weighted by molar-refractivity contribution is 5.97. The summed E-state index contributed by atoms with van der Waals surface area (Å²) in [6.07, 6.45) is 5.43. The average molecular weight is 287 g/mol. The number of carbonyl (C=O) groups is 1. The zero-order valence-corrected chi connectivity index (χ0v) is 12.0. The molecule has 0 heterocycles. The zero-order chi connectivity index (χ0) is 14.8. The summed E-state index contributed by atoms with van der Waals surface area (Å²) in [5.41, 5.74) is 7.09. The Bertz CT molecular complexity index is 553. The highest BCUT2D eigenvalue weighted by atomic mass is 16.4. The second-order valence-electron chi connectivity index (χ2n) is 6.21. The largest absolute Gasteiger partial charge is 0.409 e. The van der Waals surface area contributed by atoms with Crippen molar-refractivity contribution < 1.29 is 10.0 Å². The fraction of sp³-hybridized carbons (Fsp3) is 0.500. The molecule has 1 amide bonds. The van der Waals surface area contributed by atoms with Crippen LogP contribution in [0.2, 0.25) is 0 Å². The molecule has 2 fully saturated rings. The lowest BCUT2D eigenvalue weighted by Gasteiger charge is -2.22. The molecule has 0 aromatic heterocycles. The smallest absolute Gasteiger partial charge is 0.224 e. The minimum absolute atomic E-state index is 0.0768. The minimum atomic E-state index is 0.0768. The normalized spacial score (nSPS) is 27.8. The summed E-state index contributed by atoms with van der Waals surface area (Å²) < 4.78 is 0. The van der Waals surface area contributed by atoms with E-state index in [1.165, 1.54) is 19.3 Å². The second-order valence-corrected chi connectivity index (χ2v) is 6.21. The Morgan fingerprint density at radius 2 is 2.05 bits per heavy atom. The van der Waals surface area contributed by atoms with Gasteiger partial charge in [0.05, 0.1) is 6.42 Å². The van der Waals surface area contributed by atoms with Crippen molar-refractivity contribution in [1.29, 1.82) is 0 Å². The van der Waals surface area contributed by atoms with Crippen LogP contribution in [0, 0.1) is 11.8 Å². The van der Waals surface area contributed by atoms with E-state index in [2.05, 4.69) is 10.5 Å². The summed E-state index contributed by atoms with van der Waals surface area (Å²) in [6.45, 7) is 0. The van der Waals surface area contributed by atoms with E-state index in [1.807, 2.05) is 12.1 Å². The van der Waals surface area contributed by atoms with Crippen molar-refractivity contribution in [2.75, 3.05) is 0 Å². The van der Waals surface area contributed by atoms with Gasteiger partial charge in [0.1, 0.15) is 0 Å². The van der Waals surface area contributed by atoms with Crippen molar-refractivity contribution >= 4 is 11.7 Å². The lowest BCUT2D eigenvalue weighted by molar-refractivity contribution is -0.121. The number of nitrogens with one attached hydrogen (secondary N) is 1. The Hall–Kier alpha value is -2.04. The van der Waals surface area contributed by atoms with Gasteiger partial charge in [0, 0.05) is 11.6 Å². The quantitative estimate of drug-likeness (QED) is 0.340. The molecule has 112 valence electrons. The first-order valence-electron chi connectivity index (χ1n) is 7.52. The van der Waals surface area contributed by atoms with Crippen molar-refractivity contribution in [3.63, 3.8) is 0 Å². The number of carbonyl (C=O) groups excluding carboxylic acids is 1. The third-order valence-corrected chi connectivity index (χ3v) is 4.81. The van der Waals surface area contributed by atoms with Crippen LogP contribution in [0.3, 0.4) is 0 Å². The molecule has 3 atom stereocenters. The Labute approximate surface area is 124 Å². The maximum Gasteiger partial charge on any atom is 0.224 e. The van der Waals surface area contributed by atoms with E-state index in [-0.39, 0.29) is 11.7 Å². The van der Waals surface area contributed by atoms with Crippen molar-refractivity contribution in [2.24, 2.45) is 22.7 Å². The predicted octanol–water partition coefficient (Wildman–Crippen LogP) is 1.63. The summed E-state index contributed by atoms with van der Waals surface area (Å²) in [7, 11) is 0. The van der Waals surface area contributed by atoms with Gasteiger partial charge in [-0.25, -0.2) is 0 Å². The van der Waals surface area contributed by atoms with Crippen LogP contribution in [-0.2, 0) is 11.2 Å². The van der Waals surface area contributed by atoms with Crippen LogP contribution in [0.4, 0.5) is 0 Å². The Morgan fingerprint density at radius 3 is 2.62 bits per heavy atom. The molecule has 1 aromatic carbocycles. The van der Waals surface area contributed by atoms with E-state index >= 15 is 0 Å². The SMILES string of the molecule is NC(=NO)c1ccc(CC(=O)NC2CC3CCC2C3)cc1. The Kier molecular flexibility index (Phi) is 3.82. The van der Waals surface area contributed by atoms with Gasteiger partial charge in [-0.1, -0.05) is 35.8 Å². The van der Waals surface area contributed by atoms with Gasteiger partial charge in [-0.3, -0.25) is 4.79 Å². The summed E-state index contributed by atoms with van der Waals surface area (Å²) in [5.74, 6) is 1.69. The molecule has 0 radical (unpaired) electrons. The molecule has 2 aliphatic carbocycles. The third-order valence-electron chi connectivity index (χ3n) is 4.81. The number of fused-ring (bicyclic) bond motifs is 2. The molecule has 5 nitrogen and oxygen atoms in total. The molecule has 2 saturated carbocycles. The van der Waals surface area contributed by atoms with Crippen LogP contribution in [0.5, 0.6) is 0 Å². The Balaban J connectivity index is 1.55. The number of amidine groups is 1. The number of hydrogen-bond acceptors (Lipinski definition) is 3. The van der Waals surface area contributed by atoms with E-state index in [1.54, 1.807) is 12.1 Å². The van der Waals surface area contributed by atoms with Crippen LogP contribution >= 0.6 is 0 Å². The van der Waals surface area contributed by atoms with Gasteiger partial charge in [0.15, 0.2) is 5.84 Å². The van der Waals surface area contributed by atoms with Crippen molar-refractivity contribution in [2.45, 2.75) is 38.1 Å². The van der Waals surface area contributed by atoms with Gasteiger partial charge in [-0.15, -0.1) is 0 Å². The standard InChI is InChI=1S/C16H21N3O2/c17-16(19-21)12-4-1-10(2-5-12)9-15(20)18-14-8-11-3-6-13(14)7-11/h1-2,4-5,11,13-14,21H,3,6-9H2,(H2,17,19)(H,18,20). The highest BCUT2D eigenvalue weighted by Gasteiger charge is 2.39. The molecule has 0 aliphatic heterocycles.